The van der Waals surface area contributed by atoms with E-state index in [4.69, 9.17) is 9.26 Å². The first-order chi connectivity index (χ1) is 13.7. The topological polar surface area (TPSA) is 84.2 Å². The molecule has 3 aromatic rings. The van der Waals surface area contributed by atoms with Crippen LogP contribution >= 0.6 is 0 Å². The zero-order chi connectivity index (χ0) is 19.5. The molecule has 0 saturated carbocycles. The van der Waals surface area contributed by atoms with Crippen LogP contribution in [-0.2, 0) is 9.53 Å². The first kappa shape index (κ1) is 18.4. The highest BCUT2D eigenvalue weighted by Crippen LogP contribution is 2.34. The van der Waals surface area contributed by atoms with Crippen molar-refractivity contribution in [3.63, 3.8) is 0 Å². The molecule has 4 rings (SSSR count). The average molecular weight is 380 g/mol. The highest BCUT2D eigenvalue weighted by atomic mass is 16.5. The Kier molecular flexibility index (Phi) is 5.25. The van der Waals surface area contributed by atoms with Gasteiger partial charge in [-0.3, -0.25) is 9.89 Å². The number of ether oxygens (including phenoxy) is 1. The zero-order valence-corrected chi connectivity index (χ0v) is 16.1. The molecule has 1 aromatic carbocycles. The Bertz CT molecular complexity index is 926. The van der Waals surface area contributed by atoms with E-state index in [9.17, 15) is 4.79 Å². The minimum absolute atomic E-state index is 0.0165. The van der Waals surface area contributed by atoms with E-state index in [-0.39, 0.29) is 5.91 Å². The standard InChI is InChI=1S/C21H24N4O3/c1-14-12-18(28-24-14)17-13-22-23-19(17)15-8-10-25(11-9-15)21(26)20(27-2)16-6-4-3-5-7-16/h3-7,12-13,15,20H,8-11H2,1-2H3,(H,22,23)/t20-/m0/s1. The zero-order valence-electron chi connectivity index (χ0n) is 16.1. The van der Waals surface area contributed by atoms with Crippen LogP contribution in [0.3, 0.4) is 0 Å². The Balaban J connectivity index is 1.44. The lowest BCUT2D eigenvalue weighted by molar-refractivity contribution is -0.143. The van der Waals surface area contributed by atoms with E-state index in [0.717, 1.165) is 41.1 Å². The van der Waals surface area contributed by atoms with E-state index in [1.54, 1.807) is 13.3 Å². The molecule has 1 atom stereocenters. The number of amides is 1. The number of nitrogens with one attached hydrogen (secondary N) is 1. The van der Waals surface area contributed by atoms with Crippen molar-refractivity contribution in [3.05, 3.63) is 59.5 Å². The lowest BCUT2D eigenvalue weighted by Crippen LogP contribution is -2.41. The van der Waals surface area contributed by atoms with Crippen LogP contribution in [0.15, 0.2) is 47.1 Å². The Morgan fingerprint density at radius 2 is 2.04 bits per heavy atom. The first-order valence-corrected chi connectivity index (χ1v) is 9.51. The average Bonchev–Trinajstić information content (AvgIpc) is 3.38. The van der Waals surface area contributed by atoms with Gasteiger partial charge in [-0.1, -0.05) is 35.5 Å². The molecule has 1 fully saturated rings. The van der Waals surface area contributed by atoms with Gasteiger partial charge in [-0.2, -0.15) is 5.10 Å². The fraction of sp³-hybridized carbons (Fsp3) is 0.381. The number of likely N-dealkylation sites (tertiary alicyclic amines) is 1. The number of carbonyl (C=O) groups excluding carboxylic acids is 1. The summed E-state index contributed by atoms with van der Waals surface area (Å²) in [6.45, 7) is 3.27. The van der Waals surface area contributed by atoms with Crippen LogP contribution in [0.2, 0.25) is 0 Å². The Morgan fingerprint density at radius 1 is 1.29 bits per heavy atom. The van der Waals surface area contributed by atoms with Gasteiger partial charge in [-0.25, -0.2) is 0 Å². The third-order valence-corrected chi connectivity index (χ3v) is 5.34. The van der Waals surface area contributed by atoms with Gasteiger partial charge in [-0.05, 0) is 25.3 Å². The molecule has 146 valence electrons. The van der Waals surface area contributed by atoms with E-state index in [1.165, 1.54) is 0 Å². The molecule has 1 N–H and O–H groups in total. The highest BCUT2D eigenvalue weighted by molar-refractivity contribution is 5.82. The summed E-state index contributed by atoms with van der Waals surface area (Å²) in [7, 11) is 1.58. The number of piperidine rings is 1. The number of aromatic nitrogens is 3. The number of nitrogens with zero attached hydrogens (tertiary/aromatic N) is 3. The van der Waals surface area contributed by atoms with E-state index in [2.05, 4.69) is 15.4 Å². The Labute approximate surface area is 163 Å². The summed E-state index contributed by atoms with van der Waals surface area (Å²) >= 11 is 0. The number of hydrogen-bond acceptors (Lipinski definition) is 5. The molecule has 1 aliphatic rings. The van der Waals surface area contributed by atoms with Gasteiger partial charge < -0.3 is 14.2 Å². The molecular formula is C21H24N4O3. The summed E-state index contributed by atoms with van der Waals surface area (Å²) in [6.07, 6.45) is 2.94. The van der Waals surface area contributed by atoms with Crippen LogP contribution in [0.5, 0.6) is 0 Å². The number of aromatic amines is 1. The third kappa shape index (κ3) is 3.57. The minimum Gasteiger partial charge on any atom is -0.367 e. The minimum atomic E-state index is -0.558. The molecule has 7 nitrogen and oxygen atoms in total. The van der Waals surface area contributed by atoms with Gasteiger partial charge in [0.2, 0.25) is 0 Å². The number of rotatable bonds is 5. The van der Waals surface area contributed by atoms with Crippen LogP contribution in [0, 0.1) is 6.92 Å². The smallest absolute Gasteiger partial charge is 0.256 e. The summed E-state index contributed by atoms with van der Waals surface area (Å²) in [4.78, 5) is 14.9. The second-order valence-corrected chi connectivity index (χ2v) is 7.16. The van der Waals surface area contributed by atoms with Crippen molar-refractivity contribution in [3.8, 4) is 11.3 Å². The molecule has 1 saturated heterocycles. The summed E-state index contributed by atoms with van der Waals surface area (Å²) in [5, 5.41) is 11.3. The molecule has 1 amide bonds. The van der Waals surface area contributed by atoms with E-state index >= 15 is 0 Å². The quantitative estimate of drug-likeness (QED) is 0.733. The summed E-state index contributed by atoms with van der Waals surface area (Å²) in [5.74, 6) is 1.04. The van der Waals surface area contributed by atoms with Gasteiger partial charge in [0.1, 0.15) is 0 Å². The molecular weight excluding hydrogens is 356 g/mol. The molecule has 28 heavy (non-hydrogen) atoms. The molecule has 1 aliphatic heterocycles. The van der Waals surface area contributed by atoms with E-state index in [0.29, 0.717) is 19.0 Å². The molecule has 0 bridgehead atoms. The molecule has 2 aromatic heterocycles. The number of benzene rings is 1. The fourth-order valence-corrected chi connectivity index (χ4v) is 3.86. The molecule has 0 unspecified atom stereocenters. The Hall–Kier alpha value is -2.93. The lowest BCUT2D eigenvalue weighted by atomic mass is 9.90. The van der Waals surface area contributed by atoms with Crippen LogP contribution in [0.4, 0.5) is 0 Å². The molecule has 3 heterocycles. The largest absolute Gasteiger partial charge is 0.367 e. The summed E-state index contributed by atoms with van der Waals surface area (Å²) in [6, 6.07) is 11.5. The second kappa shape index (κ2) is 7.98. The van der Waals surface area contributed by atoms with E-state index in [1.807, 2.05) is 48.2 Å². The highest BCUT2D eigenvalue weighted by Gasteiger charge is 2.31. The van der Waals surface area contributed by atoms with Crippen LogP contribution in [0.25, 0.3) is 11.3 Å². The van der Waals surface area contributed by atoms with Crippen molar-refractivity contribution in [1.29, 1.82) is 0 Å². The molecule has 0 spiro atoms. The number of methoxy groups -OCH3 is 1. The first-order valence-electron chi connectivity index (χ1n) is 9.51. The third-order valence-electron chi connectivity index (χ3n) is 5.34. The van der Waals surface area contributed by atoms with Crippen LogP contribution < -0.4 is 0 Å². The lowest BCUT2D eigenvalue weighted by Gasteiger charge is -2.33. The van der Waals surface area contributed by atoms with Crippen molar-refractivity contribution in [2.45, 2.75) is 31.8 Å². The predicted octanol–water partition coefficient (Wildman–Crippen LogP) is 3.47. The number of carbonyl (C=O) groups is 1. The van der Waals surface area contributed by atoms with Gasteiger partial charge in [0.05, 0.1) is 17.5 Å². The fourth-order valence-electron chi connectivity index (χ4n) is 3.86. The van der Waals surface area contributed by atoms with Crippen molar-refractivity contribution in [1.82, 2.24) is 20.3 Å². The number of hydrogen-bond donors (Lipinski definition) is 1. The number of aryl methyl sites for hydroxylation is 1. The van der Waals surface area contributed by atoms with Crippen LogP contribution in [-0.4, -0.2) is 46.4 Å². The van der Waals surface area contributed by atoms with Gasteiger partial charge in [0.15, 0.2) is 11.9 Å². The molecule has 7 heteroatoms. The maximum atomic E-state index is 13.0. The Morgan fingerprint density at radius 3 is 2.68 bits per heavy atom. The van der Waals surface area contributed by atoms with Crippen molar-refractivity contribution >= 4 is 5.91 Å². The maximum absolute atomic E-state index is 13.0. The monoisotopic (exact) mass is 380 g/mol. The van der Waals surface area contributed by atoms with Crippen molar-refractivity contribution < 1.29 is 14.1 Å². The molecule has 0 aliphatic carbocycles. The summed E-state index contributed by atoms with van der Waals surface area (Å²) in [5.41, 5.74) is 3.72. The van der Waals surface area contributed by atoms with Gasteiger partial charge in [-0.15, -0.1) is 0 Å². The van der Waals surface area contributed by atoms with Gasteiger partial charge in [0.25, 0.3) is 5.91 Å². The van der Waals surface area contributed by atoms with Crippen molar-refractivity contribution in [2.24, 2.45) is 0 Å². The van der Waals surface area contributed by atoms with Crippen molar-refractivity contribution in [2.75, 3.05) is 20.2 Å². The summed E-state index contributed by atoms with van der Waals surface area (Å²) < 4.78 is 10.9. The predicted molar refractivity (Wildman–Crippen MR) is 104 cm³/mol. The van der Waals surface area contributed by atoms with Crippen LogP contribution in [0.1, 0.15) is 41.8 Å². The second-order valence-electron chi connectivity index (χ2n) is 7.16. The van der Waals surface area contributed by atoms with Gasteiger partial charge in [0, 0.05) is 37.9 Å². The van der Waals surface area contributed by atoms with E-state index < -0.39 is 6.10 Å². The SMILES string of the molecule is CO[C@H](C(=O)N1CCC(c2[nH]ncc2-c2cc(C)no2)CC1)c1ccccc1. The normalized spacial score (nSPS) is 16.3. The number of H-pyrrole nitrogens is 1. The van der Waals surface area contributed by atoms with Gasteiger partial charge >= 0.3 is 0 Å². The molecule has 0 radical (unpaired) electrons. The maximum Gasteiger partial charge on any atom is 0.256 e.